The van der Waals surface area contributed by atoms with Gasteiger partial charge in [-0.05, 0) is 34.5 Å². The Labute approximate surface area is 158 Å². The number of hydrogen-bond donors (Lipinski definition) is 0. The standard InChI is InChI=1S/C21H14FN5O/c22-16-8-4-9-17(11-16)27-20-19(24-25-27)21(28)26(13-23-20)12-15-7-3-6-14-5-1-2-10-18(14)15/h1-11,13H,12H2. The van der Waals surface area contributed by atoms with Gasteiger partial charge in [0.2, 0.25) is 0 Å². The first-order valence-corrected chi connectivity index (χ1v) is 8.74. The zero-order chi connectivity index (χ0) is 19.1. The smallest absolute Gasteiger partial charge is 0.283 e. The monoisotopic (exact) mass is 371 g/mol. The lowest BCUT2D eigenvalue weighted by atomic mass is 10.0. The highest BCUT2D eigenvalue weighted by atomic mass is 19.1. The Balaban J connectivity index is 1.60. The third kappa shape index (κ3) is 2.64. The number of nitrogens with zero attached hydrogens (tertiary/aromatic N) is 5. The molecule has 7 heteroatoms. The molecule has 28 heavy (non-hydrogen) atoms. The molecule has 0 bridgehead atoms. The first kappa shape index (κ1) is 16.3. The third-order valence-corrected chi connectivity index (χ3v) is 4.70. The number of hydrogen-bond acceptors (Lipinski definition) is 4. The van der Waals surface area contributed by atoms with Crippen molar-refractivity contribution in [1.82, 2.24) is 24.5 Å². The Morgan fingerprint density at radius 3 is 2.68 bits per heavy atom. The highest BCUT2D eigenvalue weighted by Gasteiger charge is 2.14. The highest BCUT2D eigenvalue weighted by Crippen LogP contribution is 2.19. The number of halogens is 1. The number of benzene rings is 3. The molecule has 0 aliphatic heterocycles. The van der Waals surface area contributed by atoms with Crippen LogP contribution >= 0.6 is 0 Å². The minimum absolute atomic E-state index is 0.145. The molecule has 0 N–H and O–H groups in total. The van der Waals surface area contributed by atoms with Crippen LogP contribution in [0.3, 0.4) is 0 Å². The highest BCUT2D eigenvalue weighted by molar-refractivity contribution is 5.85. The van der Waals surface area contributed by atoms with Crippen molar-refractivity contribution >= 4 is 21.9 Å². The number of aromatic nitrogens is 5. The summed E-state index contributed by atoms with van der Waals surface area (Å²) in [5, 5.41) is 10.2. The van der Waals surface area contributed by atoms with Gasteiger partial charge in [-0.15, -0.1) is 5.10 Å². The zero-order valence-corrected chi connectivity index (χ0v) is 14.7. The fourth-order valence-electron chi connectivity index (χ4n) is 3.35. The van der Waals surface area contributed by atoms with E-state index in [1.807, 2.05) is 42.5 Å². The molecule has 5 aromatic rings. The average molecular weight is 371 g/mol. The quantitative estimate of drug-likeness (QED) is 0.488. The predicted octanol–water partition coefficient (Wildman–Crippen LogP) is 3.32. The van der Waals surface area contributed by atoms with Crippen molar-refractivity contribution in [2.75, 3.05) is 0 Å². The second-order valence-corrected chi connectivity index (χ2v) is 6.47. The molecule has 0 saturated heterocycles. The molecule has 0 amide bonds. The first-order valence-electron chi connectivity index (χ1n) is 8.74. The molecule has 3 aromatic carbocycles. The first-order chi connectivity index (χ1) is 13.7. The van der Waals surface area contributed by atoms with Gasteiger partial charge in [-0.2, -0.15) is 4.68 Å². The molecule has 0 aliphatic rings. The van der Waals surface area contributed by atoms with E-state index in [9.17, 15) is 9.18 Å². The minimum Gasteiger partial charge on any atom is -0.293 e. The van der Waals surface area contributed by atoms with E-state index in [4.69, 9.17) is 0 Å². The predicted molar refractivity (Wildman–Crippen MR) is 104 cm³/mol. The molecule has 0 fully saturated rings. The van der Waals surface area contributed by atoms with Gasteiger partial charge in [-0.25, -0.2) is 9.37 Å². The number of rotatable bonds is 3. The van der Waals surface area contributed by atoms with Gasteiger partial charge in [0.15, 0.2) is 11.2 Å². The Kier molecular flexibility index (Phi) is 3.72. The minimum atomic E-state index is -0.398. The van der Waals surface area contributed by atoms with Crippen molar-refractivity contribution in [3.8, 4) is 5.69 Å². The second-order valence-electron chi connectivity index (χ2n) is 6.47. The van der Waals surface area contributed by atoms with Crippen molar-refractivity contribution in [1.29, 1.82) is 0 Å². The van der Waals surface area contributed by atoms with Crippen LogP contribution in [0.5, 0.6) is 0 Å². The molecule has 5 rings (SSSR count). The summed E-state index contributed by atoms with van der Waals surface area (Å²) in [4.78, 5) is 17.3. The van der Waals surface area contributed by atoms with Crippen LogP contribution in [0.4, 0.5) is 4.39 Å². The Hall–Kier alpha value is -3.87. The molecular weight excluding hydrogens is 357 g/mol. The molecule has 0 spiro atoms. The number of fused-ring (bicyclic) bond motifs is 2. The van der Waals surface area contributed by atoms with Crippen molar-refractivity contribution in [2.24, 2.45) is 0 Å². The van der Waals surface area contributed by atoms with Crippen LogP contribution in [0.1, 0.15) is 5.56 Å². The van der Waals surface area contributed by atoms with Crippen molar-refractivity contribution in [2.45, 2.75) is 6.54 Å². The molecule has 2 aromatic heterocycles. The molecule has 2 heterocycles. The van der Waals surface area contributed by atoms with Crippen LogP contribution < -0.4 is 5.56 Å². The van der Waals surface area contributed by atoms with Crippen LogP contribution in [-0.2, 0) is 6.54 Å². The summed E-state index contributed by atoms with van der Waals surface area (Å²) in [7, 11) is 0. The largest absolute Gasteiger partial charge is 0.293 e. The maximum absolute atomic E-state index is 13.5. The summed E-state index contributed by atoms with van der Waals surface area (Å²) in [5.41, 5.74) is 1.62. The summed E-state index contributed by atoms with van der Waals surface area (Å²) in [6, 6.07) is 19.9. The lowest BCUT2D eigenvalue weighted by Gasteiger charge is -2.09. The summed E-state index contributed by atoms with van der Waals surface area (Å²) < 4.78 is 16.4. The van der Waals surface area contributed by atoms with Gasteiger partial charge in [0.1, 0.15) is 12.1 Å². The maximum Gasteiger partial charge on any atom is 0.283 e. The second kappa shape index (κ2) is 6.38. The van der Waals surface area contributed by atoms with E-state index in [1.54, 1.807) is 12.1 Å². The lowest BCUT2D eigenvalue weighted by Crippen LogP contribution is -2.21. The van der Waals surface area contributed by atoms with Crippen molar-refractivity contribution in [3.63, 3.8) is 0 Å². The maximum atomic E-state index is 13.5. The van der Waals surface area contributed by atoms with E-state index in [0.29, 0.717) is 17.9 Å². The van der Waals surface area contributed by atoms with Gasteiger partial charge >= 0.3 is 0 Å². The molecule has 0 aliphatic carbocycles. The van der Waals surface area contributed by atoms with E-state index in [-0.39, 0.29) is 11.1 Å². The molecule has 6 nitrogen and oxygen atoms in total. The molecule has 0 atom stereocenters. The van der Waals surface area contributed by atoms with Crippen molar-refractivity contribution < 1.29 is 4.39 Å². The molecule has 0 radical (unpaired) electrons. The molecule has 0 unspecified atom stereocenters. The van der Waals surface area contributed by atoms with Gasteiger partial charge in [-0.1, -0.05) is 53.7 Å². The SMILES string of the molecule is O=c1c2nnn(-c3cccc(F)c3)c2ncn1Cc1cccc2ccccc12. The van der Waals surface area contributed by atoms with Gasteiger partial charge in [0.05, 0.1) is 12.2 Å². The Bertz CT molecular complexity index is 1380. The van der Waals surface area contributed by atoms with Gasteiger partial charge in [0.25, 0.3) is 5.56 Å². The summed E-state index contributed by atoms with van der Waals surface area (Å²) in [6.07, 6.45) is 1.48. The van der Waals surface area contributed by atoms with Gasteiger partial charge in [0, 0.05) is 0 Å². The van der Waals surface area contributed by atoms with Crippen LogP contribution in [0.25, 0.3) is 27.6 Å². The van der Waals surface area contributed by atoms with Gasteiger partial charge in [-0.3, -0.25) is 9.36 Å². The fraction of sp³-hybridized carbons (Fsp3) is 0.0476. The third-order valence-electron chi connectivity index (χ3n) is 4.70. The summed E-state index contributed by atoms with van der Waals surface area (Å²) >= 11 is 0. The Morgan fingerprint density at radius 1 is 0.964 bits per heavy atom. The topological polar surface area (TPSA) is 65.6 Å². The average Bonchev–Trinajstić information content (AvgIpc) is 3.15. The summed E-state index contributed by atoms with van der Waals surface area (Å²) in [6.45, 7) is 0.371. The van der Waals surface area contributed by atoms with E-state index < -0.39 is 5.82 Å². The van der Waals surface area contributed by atoms with Crippen LogP contribution in [-0.4, -0.2) is 24.5 Å². The fourth-order valence-corrected chi connectivity index (χ4v) is 3.35. The molecular formula is C21H14FN5O. The van der Waals surface area contributed by atoms with E-state index in [2.05, 4.69) is 15.3 Å². The van der Waals surface area contributed by atoms with Crippen molar-refractivity contribution in [3.05, 3.63) is 94.8 Å². The lowest BCUT2D eigenvalue weighted by molar-refractivity contribution is 0.625. The Morgan fingerprint density at radius 2 is 1.79 bits per heavy atom. The van der Waals surface area contributed by atoms with E-state index in [1.165, 1.54) is 27.7 Å². The summed E-state index contributed by atoms with van der Waals surface area (Å²) in [5.74, 6) is -0.398. The van der Waals surface area contributed by atoms with Gasteiger partial charge < -0.3 is 0 Å². The van der Waals surface area contributed by atoms with Crippen LogP contribution in [0, 0.1) is 5.82 Å². The van der Waals surface area contributed by atoms with E-state index >= 15 is 0 Å². The van der Waals surface area contributed by atoms with Crippen LogP contribution in [0.2, 0.25) is 0 Å². The molecule has 136 valence electrons. The zero-order valence-electron chi connectivity index (χ0n) is 14.7. The molecule has 0 saturated carbocycles. The normalized spacial score (nSPS) is 11.3. The van der Waals surface area contributed by atoms with E-state index in [0.717, 1.165) is 16.3 Å². The van der Waals surface area contributed by atoms with Crippen LogP contribution in [0.15, 0.2) is 77.9 Å².